The second-order valence-corrected chi connectivity index (χ2v) is 5.28. The number of imide groups is 1. The fourth-order valence-corrected chi connectivity index (χ4v) is 2.56. The number of nitrogens with one attached hydrogen (secondary N) is 1. The maximum absolute atomic E-state index is 12.4. The zero-order chi connectivity index (χ0) is 12.8. The first-order chi connectivity index (χ1) is 8.61. The van der Waals surface area contributed by atoms with E-state index in [4.69, 9.17) is 0 Å². The zero-order valence-corrected chi connectivity index (χ0v) is 10.3. The predicted octanol–water partition coefficient (Wildman–Crippen LogP) is 1.91. The lowest BCUT2D eigenvalue weighted by molar-refractivity contribution is -0.131. The van der Waals surface area contributed by atoms with Crippen molar-refractivity contribution >= 4 is 11.9 Å². The highest BCUT2D eigenvalue weighted by molar-refractivity contribution is 6.07. The molecule has 1 heterocycles. The van der Waals surface area contributed by atoms with Gasteiger partial charge in [-0.15, -0.1) is 0 Å². The van der Waals surface area contributed by atoms with Gasteiger partial charge in [-0.25, -0.2) is 4.79 Å². The summed E-state index contributed by atoms with van der Waals surface area (Å²) in [5.74, 6) is 0.230. The summed E-state index contributed by atoms with van der Waals surface area (Å²) in [7, 11) is 0. The van der Waals surface area contributed by atoms with Crippen LogP contribution >= 0.6 is 0 Å². The topological polar surface area (TPSA) is 49.4 Å². The van der Waals surface area contributed by atoms with Gasteiger partial charge in [0, 0.05) is 0 Å². The van der Waals surface area contributed by atoms with Gasteiger partial charge in [0.15, 0.2) is 0 Å². The molecule has 0 radical (unpaired) electrons. The fraction of sp³-hybridized carbons (Fsp3) is 0.429. The van der Waals surface area contributed by atoms with Crippen LogP contribution in [0.1, 0.15) is 25.3 Å². The van der Waals surface area contributed by atoms with Crippen molar-refractivity contribution in [2.24, 2.45) is 5.92 Å². The molecular formula is C14H16N2O2. The molecule has 3 rings (SSSR count). The van der Waals surface area contributed by atoms with E-state index in [0.717, 1.165) is 18.4 Å². The normalized spacial score (nSPS) is 27.5. The van der Waals surface area contributed by atoms with Crippen LogP contribution in [0.15, 0.2) is 30.3 Å². The highest BCUT2D eigenvalue weighted by atomic mass is 16.2. The number of carbonyl (C=O) groups is 2. The molecule has 1 unspecified atom stereocenters. The van der Waals surface area contributed by atoms with Gasteiger partial charge >= 0.3 is 6.03 Å². The van der Waals surface area contributed by atoms with E-state index in [0.29, 0.717) is 12.5 Å². The third kappa shape index (κ3) is 1.68. The summed E-state index contributed by atoms with van der Waals surface area (Å²) < 4.78 is 0. The largest absolute Gasteiger partial charge is 0.325 e. The van der Waals surface area contributed by atoms with E-state index in [1.807, 2.05) is 37.3 Å². The third-order valence-electron chi connectivity index (χ3n) is 3.88. The fourth-order valence-electron chi connectivity index (χ4n) is 2.56. The van der Waals surface area contributed by atoms with Crippen LogP contribution in [0.3, 0.4) is 0 Å². The minimum absolute atomic E-state index is 0.0844. The first-order valence-corrected chi connectivity index (χ1v) is 6.29. The van der Waals surface area contributed by atoms with Gasteiger partial charge in [-0.05, 0) is 31.2 Å². The molecule has 2 aliphatic rings. The first-order valence-electron chi connectivity index (χ1n) is 6.29. The van der Waals surface area contributed by atoms with Gasteiger partial charge in [0.2, 0.25) is 0 Å². The molecule has 0 aromatic heterocycles. The molecule has 1 atom stereocenters. The van der Waals surface area contributed by atoms with Crippen molar-refractivity contribution in [3.8, 4) is 0 Å². The standard InChI is InChI=1S/C14H16N2O2/c1-14(11-7-8-11)12(17)16(13(18)15-14)9-10-5-3-2-4-6-10/h2-6,11H,7-9H2,1H3,(H,15,18). The summed E-state index contributed by atoms with van der Waals surface area (Å²) >= 11 is 0. The number of benzene rings is 1. The number of urea groups is 1. The van der Waals surface area contributed by atoms with Crippen LogP contribution in [0.25, 0.3) is 0 Å². The van der Waals surface area contributed by atoms with E-state index >= 15 is 0 Å². The zero-order valence-electron chi connectivity index (χ0n) is 10.3. The quantitative estimate of drug-likeness (QED) is 0.826. The molecule has 0 spiro atoms. The number of amides is 3. The number of nitrogens with zero attached hydrogens (tertiary/aromatic N) is 1. The number of rotatable bonds is 3. The molecule has 3 amide bonds. The van der Waals surface area contributed by atoms with Crippen molar-refractivity contribution in [2.45, 2.75) is 31.8 Å². The predicted molar refractivity (Wildman–Crippen MR) is 66.7 cm³/mol. The average molecular weight is 244 g/mol. The van der Waals surface area contributed by atoms with Crippen LogP contribution < -0.4 is 5.32 Å². The average Bonchev–Trinajstić information content (AvgIpc) is 3.17. The second kappa shape index (κ2) is 3.83. The van der Waals surface area contributed by atoms with Crippen molar-refractivity contribution < 1.29 is 9.59 Å². The molecule has 18 heavy (non-hydrogen) atoms. The van der Waals surface area contributed by atoms with Gasteiger partial charge in [-0.1, -0.05) is 30.3 Å². The third-order valence-corrected chi connectivity index (χ3v) is 3.88. The van der Waals surface area contributed by atoms with Crippen molar-refractivity contribution in [3.63, 3.8) is 0 Å². The van der Waals surface area contributed by atoms with Gasteiger partial charge in [0.25, 0.3) is 5.91 Å². The summed E-state index contributed by atoms with van der Waals surface area (Å²) in [5, 5.41) is 2.85. The maximum atomic E-state index is 12.4. The van der Waals surface area contributed by atoms with Crippen molar-refractivity contribution in [3.05, 3.63) is 35.9 Å². The lowest BCUT2D eigenvalue weighted by Crippen LogP contribution is -2.46. The Morgan fingerprint density at radius 2 is 1.94 bits per heavy atom. The molecule has 94 valence electrons. The smallest absolute Gasteiger partial charge is 0.323 e. The lowest BCUT2D eigenvalue weighted by atomic mass is 9.96. The summed E-state index contributed by atoms with van der Waals surface area (Å²) in [5.41, 5.74) is 0.298. The highest BCUT2D eigenvalue weighted by Gasteiger charge is 2.55. The Morgan fingerprint density at radius 3 is 2.56 bits per heavy atom. The minimum atomic E-state index is -0.675. The monoisotopic (exact) mass is 244 g/mol. The van der Waals surface area contributed by atoms with Crippen LogP contribution in [0.4, 0.5) is 4.79 Å². The van der Waals surface area contributed by atoms with E-state index < -0.39 is 5.54 Å². The van der Waals surface area contributed by atoms with E-state index in [9.17, 15) is 9.59 Å². The number of carbonyl (C=O) groups excluding carboxylic acids is 2. The molecule has 1 saturated heterocycles. The van der Waals surface area contributed by atoms with E-state index in [1.165, 1.54) is 4.90 Å². The van der Waals surface area contributed by atoms with Gasteiger partial charge in [-0.3, -0.25) is 9.69 Å². The Labute approximate surface area is 106 Å². The van der Waals surface area contributed by atoms with E-state index in [-0.39, 0.29) is 11.9 Å². The molecule has 1 aromatic carbocycles. The van der Waals surface area contributed by atoms with Gasteiger partial charge in [0.05, 0.1) is 6.54 Å². The van der Waals surface area contributed by atoms with Crippen LogP contribution in [0.5, 0.6) is 0 Å². The van der Waals surface area contributed by atoms with E-state index in [2.05, 4.69) is 5.32 Å². The second-order valence-electron chi connectivity index (χ2n) is 5.28. The summed E-state index contributed by atoms with van der Waals surface area (Å²) in [4.78, 5) is 25.6. The molecular weight excluding hydrogens is 228 g/mol. The van der Waals surface area contributed by atoms with Crippen molar-refractivity contribution in [1.82, 2.24) is 10.2 Å². The molecule has 4 heteroatoms. The van der Waals surface area contributed by atoms with E-state index in [1.54, 1.807) is 0 Å². The Kier molecular flexibility index (Phi) is 2.40. The first kappa shape index (κ1) is 11.3. The Hall–Kier alpha value is -1.84. The SMILES string of the molecule is CC1(C2CC2)NC(=O)N(Cc2ccccc2)C1=O. The Morgan fingerprint density at radius 1 is 1.28 bits per heavy atom. The molecule has 1 saturated carbocycles. The molecule has 2 fully saturated rings. The maximum Gasteiger partial charge on any atom is 0.325 e. The molecule has 0 bridgehead atoms. The van der Waals surface area contributed by atoms with Crippen LogP contribution in [-0.2, 0) is 11.3 Å². The molecule has 1 aliphatic heterocycles. The number of hydrogen-bond acceptors (Lipinski definition) is 2. The van der Waals surface area contributed by atoms with Crippen LogP contribution in [0, 0.1) is 5.92 Å². The highest BCUT2D eigenvalue weighted by Crippen LogP contribution is 2.42. The molecule has 1 aliphatic carbocycles. The Bertz CT molecular complexity index is 496. The lowest BCUT2D eigenvalue weighted by Gasteiger charge is -2.20. The molecule has 4 nitrogen and oxygen atoms in total. The van der Waals surface area contributed by atoms with Gasteiger partial charge in [-0.2, -0.15) is 0 Å². The number of hydrogen-bond donors (Lipinski definition) is 1. The minimum Gasteiger partial charge on any atom is -0.323 e. The van der Waals surface area contributed by atoms with Crippen molar-refractivity contribution in [1.29, 1.82) is 0 Å². The van der Waals surface area contributed by atoms with Gasteiger partial charge in [0.1, 0.15) is 5.54 Å². The molecule has 1 aromatic rings. The van der Waals surface area contributed by atoms with Crippen LogP contribution in [-0.4, -0.2) is 22.4 Å². The molecule has 1 N–H and O–H groups in total. The summed E-state index contributed by atoms with van der Waals surface area (Å²) in [6.45, 7) is 2.20. The van der Waals surface area contributed by atoms with Gasteiger partial charge < -0.3 is 5.32 Å². The Balaban J connectivity index is 1.81. The van der Waals surface area contributed by atoms with Crippen LogP contribution in [0.2, 0.25) is 0 Å². The summed E-state index contributed by atoms with van der Waals surface area (Å²) in [6.07, 6.45) is 2.06. The van der Waals surface area contributed by atoms with Crippen molar-refractivity contribution in [2.75, 3.05) is 0 Å². The summed E-state index contributed by atoms with van der Waals surface area (Å²) in [6, 6.07) is 9.32.